The molecule has 1 N–H and O–H groups in total. The molecule has 0 aromatic heterocycles. The Kier molecular flexibility index (Phi) is 10.3. The van der Waals surface area contributed by atoms with E-state index in [4.69, 9.17) is 53.8 Å². The first kappa shape index (κ1) is 26.9. The van der Waals surface area contributed by atoms with Crippen LogP contribution in [0.5, 0.6) is 17.2 Å². The number of carbonyl (C=O) groups is 2. The lowest BCUT2D eigenvalue weighted by molar-refractivity contribution is -0.137. The summed E-state index contributed by atoms with van der Waals surface area (Å²) in [7, 11) is 0. The fourth-order valence-corrected chi connectivity index (χ4v) is 3.67. The molecule has 0 bridgehead atoms. The lowest BCUT2D eigenvalue weighted by Crippen LogP contribution is -2.43. The van der Waals surface area contributed by atoms with Crippen molar-refractivity contribution in [1.82, 2.24) is 10.3 Å². The van der Waals surface area contributed by atoms with Crippen molar-refractivity contribution in [2.75, 3.05) is 46.1 Å². The zero-order valence-electron chi connectivity index (χ0n) is 18.9. The van der Waals surface area contributed by atoms with Crippen molar-refractivity contribution < 1.29 is 28.5 Å². The highest BCUT2D eigenvalue weighted by molar-refractivity contribution is 6.44. The Hall–Kier alpha value is -2.72. The van der Waals surface area contributed by atoms with Crippen LogP contribution >= 0.6 is 34.8 Å². The number of benzene rings is 2. The van der Waals surface area contributed by atoms with Crippen LogP contribution in [0.25, 0.3) is 0 Å². The summed E-state index contributed by atoms with van der Waals surface area (Å²) in [6.07, 6.45) is 1.44. The third kappa shape index (κ3) is 8.17. The number of hydrogen-bond acceptors (Lipinski definition) is 7. The Bertz CT molecular complexity index is 1080. The van der Waals surface area contributed by atoms with Crippen LogP contribution in [0, 0.1) is 0 Å². The Morgan fingerprint density at radius 2 is 1.77 bits per heavy atom. The molecule has 0 unspecified atom stereocenters. The molecule has 1 saturated heterocycles. The van der Waals surface area contributed by atoms with Gasteiger partial charge in [-0.25, -0.2) is 5.43 Å². The Balaban J connectivity index is 1.53. The molecule has 2 amide bonds. The first-order valence-corrected chi connectivity index (χ1v) is 11.8. The van der Waals surface area contributed by atoms with Crippen molar-refractivity contribution in [3.8, 4) is 17.2 Å². The van der Waals surface area contributed by atoms with Crippen LogP contribution < -0.4 is 19.6 Å². The minimum Gasteiger partial charge on any atom is -0.490 e. The smallest absolute Gasteiger partial charge is 0.277 e. The molecule has 0 spiro atoms. The Morgan fingerprint density at radius 1 is 1.03 bits per heavy atom. The number of hydrazone groups is 1. The van der Waals surface area contributed by atoms with Crippen molar-refractivity contribution in [1.29, 1.82) is 0 Å². The predicted octanol–water partition coefficient (Wildman–Crippen LogP) is 3.81. The highest BCUT2D eigenvalue weighted by atomic mass is 35.5. The minimum absolute atomic E-state index is 0.106. The van der Waals surface area contributed by atoms with Crippen LogP contribution in [-0.4, -0.2) is 69.1 Å². The third-order valence-corrected chi connectivity index (χ3v) is 5.71. The molecule has 0 atom stereocenters. The summed E-state index contributed by atoms with van der Waals surface area (Å²) in [5, 5.41) is 4.62. The molecular weight excluding hydrogens is 521 g/mol. The largest absolute Gasteiger partial charge is 0.490 e. The standard InChI is InChI=1S/C23H24Cl3N3O6/c1-2-33-19-9-15(3-4-18(19)35-14-22(31)29-5-7-32-8-6-29)12-27-28-21(30)13-34-20-11-16(24)10-17(25)23(20)26/h3-4,9-12H,2,5-8,13-14H2,1H3,(H,28,30)/b27-12-. The SMILES string of the molecule is CCOc1cc(/C=N\NC(=O)COc2cc(Cl)cc(Cl)c2Cl)ccc1OCC(=O)N1CCOCC1. The van der Waals surface area contributed by atoms with Crippen LogP contribution in [0.1, 0.15) is 12.5 Å². The van der Waals surface area contributed by atoms with Crippen LogP contribution in [0.15, 0.2) is 35.4 Å². The number of ether oxygens (including phenoxy) is 4. The lowest BCUT2D eigenvalue weighted by Gasteiger charge is -2.26. The fourth-order valence-electron chi connectivity index (χ4n) is 3.03. The number of nitrogens with zero attached hydrogens (tertiary/aromatic N) is 2. The van der Waals surface area contributed by atoms with Gasteiger partial charge in [0, 0.05) is 24.2 Å². The second kappa shape index (κ2) is 13.4. The monoisotopic (exact) mass is 543 g/mol. The van der Waals surface area contributed by atoms with Gasteiger partial charge in [-0.2, -0.15) is 5.10 Å². The van der Waals surface area contributed by atoms with Gasteiger partial charge < -0.3 is 23.8 Å². The maximum absolute atomic E-state index is 12.3. The van der Waals surface area contributed by atoms with Crippen LogP contribution in [0.3, 0.4) is 0 Å². The molecule has 2 aromatic rings. The van der Waals surface area contributed by atoms with E-state index < -0.39 is 5.91 Å². The van der Waals surface area contributed by atoms with Crippen LogP contribution in [0.2, 0.25) is 15.1 Å². The van der Waals surface area contributed by atoms with Crippen LogP contribution in [0.4, 0.5) is 0 Å². The second-order valence-electron chi connectivity index (χ2n) is 7.20. The second-order valence-corrected chi connectivity index (χ2v) is 8.42. The van der Waals surface area contributed by atoms with Crippen molar-refractivity contribution in [2.45, 2.75) is 6.92 Å². The molecule has 1 aliphatic heterocycles. The first-order valence-electron chi connectivity index (χ1n) is 10.7. The molecule has 188 valence electrons. The maximum atomic E-state index is 12.3. The molecule has 0 aliphatic carbocycles. The van der Waals surface area contributed by atoms with Gasteiger partial charge in [-0.15, -0.1) is 0 Å². The molecule has 9 nitrogen and oxygen atoms in total. The van der Waals surface area contributed by atoms with Gasteiger partial charge in [-0.05, 0) is 36.8 Å². The van der Waals surface area contributed by atoms with Crippen molar-refractivity contribution in [3.63, 3.8) is 0 Å². The quantitative estimate of drug-likeness (QED) is 0.277. The Labute approximate surface area is 217 Å². The average molecular weight is 545 g/mol. The van der Waals surface area contributed by atoms with E-state index in [0.717, 1.165) is 0 Å². The third-order valence-electron chi connectivity index (χ3n) is 4.70. The first-order chi connectivity index (χ1) is 16.9. The van der Waals surface area contributed by atoms with E-state index in [0.29, 0.717) is 55.0 Å². The van der Waals surface area contributed by atoms with E-state index >= 15 is 0 Å². The van der Waals surface area contributed by atoms with E-state index in [1.54, 1.807) is 23.1 Å². The van der Waals surface area contributed by atoms with Crippen molar-refractivity contribution in [2.24, 2.45) is 5.10 Å². The van der Waals surface area contributed by atoms with Gasteiger partial charge in [0.05, 0.1) is 31.1 Å². The predicted molar refractivity (Wildman–Crippen MR) is 133 cm³/mol. The Morgan fingerprint density at radius 3 is 2.51 bits per heavy atom. The van der Waals surface area contributed by atoms with E-state index in [1.807, 2.05) is 6.92 Å². The zero-order chi connectivity index (χ0) is 25.2. The molecule has 1 aliphatic rings. The van der Waals surface area contributed by atoms with Gasteiger partial charge in [0.15, 0.2) is 24.7 Å². The van der Waals surface area contributed by atoms with E-state index in [-0.39, 0.29) is 34.9 Å². The summed E-state index contributed by atoms with van der Waals surface area (Å²) in [6, 6.07) is 8.01. The number of rotatable bonds is 10. The molecule has 3 rings (SSSR count). The van der Waals surface area contributed by atoms with Gasteiger partial charge in [0.1, 0.15) is 10.8 Å². The van der Waals surface area contributed by atoms with Gasteiger partial charge in [-0.1, -0.05) is 34.8 Å². The summed E-state index contributed by atoms with van der Waals surface area (Å²) in [4.78, 5) is 26.1. The zero-order valence-corrected chi connectivity index (χ0v) is 21.2. The highest BCUT2D eigenvalue weighted by Gasteiger charge is 2.18. The van der Waals surface area contributed by atoms with Gasteiger partial charge in [-0.3, -0.25) is 9.59 Å². The molecule has 0 radical (unpaired) electrons. The minimum atomic E-state index is -0.514. The van der Waals surface area contributed by atoms with Crippen LogP contribution in [-0.2, 0) is 14.3 Å². The molecule has 2 aromatic carbocycles. The van der Waals surface area contributed by atoms with Crippen molar-refractivity contribution >= 4 is 52.8 Å². The molecule has 12 heteroatoms. The maximum Gasteiger partial charge on any atom is 0.277 e. The topological polar surface area (TPSA) is 98.7 Å². The lowest BCUT2D eigenvalue weighted by atomic mass is 10.2. The average Bonchev–Trinajstić information content (AvgIpc) is 2.85. The summed E-state index contributed by atoms with van der Waals surface area (Å²) in [5.41, 5.74) is 3.00. The number of hydrogen-bond donors (Lipinski definition) is 1. The van der Waals surface area contributed by atoms with Crippen molar-refractivity contribution in [3.05, 3.63) is 51.0 Å². The molecule has 0 saturated carbocycles. The number of amides is 2. The number of morpholine rings is 1. The number of nitrogens with one attached hydrogen (secondary N) is 1. The van der Waals surface area contributed by atoms with Gasteiger partial charge in [0.25, 0.3) is 11.8 Å². The van der Waals surface area contributed by atoms with E-state index in [9.17, 15) is 9.59 Å². The van der Waals surface area contributed by atoms with Gasteiger partial charge >= 0.3 is 0 Å². The van der Waals surface area contributed by atoms with E-state index in [2.05, 4.69) is 10.5 Å². The van der Waals surface area contributed by atoms with E-state index in [1.165, 1.54) is 18.3 Å². The number of carbonyl (C=O) groups excluding carboxylic acids is 2. The summed E-state index contributed by atoms with van der Waals surface area (Å²) < 4.78 is 21.9. The summed E-state index contributed by atoms with van der Waals surface area (Å²) in [5.74, 6) is 0.438. The normalized spacial score (nSPS) is 13.5. The molecule has 1 heterocycles. The molecule has 1 fully saturated rings. The summed E-state index contributed by atoms with van der Waals surface area (Å²) >= 11 is 17.9. The highest BCUT2D eigenvalue weighted by Crippen LogP contribution is 2.35. The fraction of sp³-hybridized carbons (Fsp3) is 0.348. The molecular formula is C23H24Cl3N3O6. The number of halogens is 3. The van der Waals surface area contributed by atoms with Gasteiger partial charge in [0.2, 0.25) is 0 Å². The molecule has 35 heavy (non-hydrogen) atoms. The summed E-state index contributed by atoms with van der Waals surface area (Å²) in [6.45, 7) is 3.93.